The van der Waals surface area contributed by atoms with E-state index in [9.17, 15) is 9.18 Å². The first-order valence-electron chi connectivity index (χ1n) is 7.35. The van der Waals surface area contributed by atoms with Crippen LogP contribution in [0.2, 0.25) is 0 Å². The van der Waals surface area contributed by atoms with Crippen LogP contribution >= 0.6 is 0 Å². The van der Waals surface area contributed by atoms with Crippen LogP contribution in [0.1, 0.15) is 30.8 Å². The maximum absolute atomic E-state index is 12.8. The van der Waals surface area contributed by atoms with Crippen LogP contribution in [-0.4, -0.2) is 5.91 Å². The van der Waals surface area contributed by atoms with Gasteiger partial charge in [0, 0.05) is 17.7 Å². The molecule has 1 amide bonds. The Hall–Kier alpha value is -2.87. The van der Waals surface area contributed by atoms with Gasteiger partial charge in [0.05, 0.1) is 0 Å². The fourth-order valence-electron chi connectivity index (χ4n) is 2.39. The first-order chi connectivity index (χ1) is 11.1. The number of hydrogen-bond acceptors (Lipinski definition) is 3. The lowest BCUT2D eigenvalue weighted by Gasteiger charge is -2.03. The highest BCUT2D eigenvalue weighted by Crippen LogP contribution is 2.47. The number of halogens is 1. The van der Waals surface area contributed by atoms with Gasteiger partial charge in [-0.3, -0.25) is 4.79 Å². The molecule has 0 unspecified atom stereocenters. The second-order valence-corrected chi connectivity index (χ2v) is 5.69. The van der Waals surface area contributed by atoms with Crippen molar-refractivity contribution in [2.24, 2.45) is 5.92 Å². The van der Waals surface area contributed by atoms with Crippen molar-refractivity contribution in [1.29, 1.82) is 5.26 Å². The molecule has 5 heteroatoms. The van der Waals surface area contributed by atoms with Crippen molar-refractivity contribution in [2.45, 2.75) is 19.3 Å². The largest absolute Gasteiger partial charge is 0.461 e. The first kappa shape index (κ1) is 15.0. The number of carbonyl (C=O) groups excluding carboxylic acids is 1. The monoisotopic (exact) mass is 310 g/mol. The van der Waals surface area contributed by atoms with Crippen LogP contribution in [0.15, 0.2) is 46.4 Å². The maximum Gasteiger partial charge on any atom is 0.266 e. The fourth-order valence-corrected chi connectivity index (χ4v) is 2.39. The minimum atomic E-state index is -0.558. The average molecular weight is 310 g/mol. The van der Waals surface area contributed by atoms with Gasteiger partial charge in [-0.15, -0.1) is 0 Å². The summed E-state index contributed by atoms with van der Waals surface area (Å²) in [5, 5.41) is 11.7. The number of nitriles is 1. The summed E-state index contributed by atoms with van der Waals surface area (Å²) in [5.41, 5.74) is 0.351. The number of carbonyl (C=O) groups is 1. The van der Waals surface area contributed by atoms with Crippen molar-refractivity contribution in [2.75, 3.05) is 5.32 Å². The predicted molar refractivity (Wildman–Crippen MR) is 83.8 cm³/mol. The third-order valence-electron chi connectivity index (χ3n) is 3.88. The molecule has 3 rings (SSSR count). The average Bonchev–Trinajstić information content (AvgIpc) is 3.09. The van der Waals surface area contributed by atoms with Crippen LogP contribution in [-0.2, 0) is 4.79 Å². The van der Waals surface area contributed by atoms with Gasteiger partial charge in [-0.1, -0.05) is 6.92 Å². The molecule has 1 saturated carbocycles. The molecule has 4 nitrogen and oxygen atoms in total. The molecule has 0 spiro atoms. The summed E-state index contributed by atoms with van der Waals surface area (Å²) in [6.07, 6.45) is 2.52. The molecular formula is C18H15FN2O2. The van der Waals surface area contributed by atoms with Crippen molar-refractivity contribution in [3.63, 3.8) is 0 Å². The molecular weight excluding hydrogens is 295 g/mol. The van der Waals surface area contributed by atoms with Gasteiger partial charge in [0.15, 0.2) is 0 Å². The molecule has 1 fully saturated rings. The molecule has 1 heterocycles. The maximum atomic E-state index is 12.8. The van der Waals surface area contributed by atoms with Crippen LogP contribution < -0.4 is 5.32 Å². The van der Waals surface area contributed by atoms with Gasteiger partial charge in [0.1, 0.15) is 29.0 Å². The Labute approximate surface area is 133 Å². The van der Waals surface area contributed by atoms with E-state index in [4.69, 9.17) is 9.68 Å². The highest BCUT2D eigenvalue weighted by Gasteiger charge is 2.36. The van der Waals surface area contributed by atoms with E-state index in [1.54, 1.807) is 6.07 Å². The smallest absolute Gasteiger partial charge is 0.266 e. The molecule has 0 radical (unpaired) electrons. The number of benzene rings is 1. The quantitative estimate of drug-likeness (QED) is 0.683. The zero-order valence-electron chi connectivity index (χ0n) is 12.5. The first-order valence-corrected chi connectivity index (χ1v) is 7.35. The Morgan fingerprint density at radius 1 is 1.35 bits per heavy atom. The third kappa shape index (κ3) is 3.49. The highest BCUT2D eigenvalue weighted by molar-refractivity contribution is 6.09. The van der Waals surface area contributed by atoms with Crippen LogP contribution in [0.4, 0.5) is 10.1 Å². The fraction of sp³-hybridized carbons (Fsp3) is 0.222. The van der Waals surface area contributed by atoms with E-state index in [1.165, 1.54) is 30.3 Å². The van der Waals surface area contributed by atoms with Crippen LogP contribution in [0, 0.1) is 23.1 Å². The Morgan fingerprint density at radius 2 is 2.04 bits per heavy atom. The Morgan fingerprint density at radius 3 is 2.65 bits per heavy atom. The minimum Gasteiger partial charge on any atom is -0.461 e. The zero-order valence-corrected chi connectivity index (χ0v) is 12.5. The second kappa shape index (κ2) is 6.09. The standard InChI is InChI=1S/C18H15FN2O2/c1-11-8-16(11)17-7-6-15(23-17)9-12(10-20)18(22)21-14-4-2-13(19)3-5-14/h2-7,9,11,16H,8H2,1H3,(H,21,22)/b12-9+/t11-,16-/m1/s1. The van der Waals surface area contributed by atoms with Crippen molar-refractivity contribution in [1.82, 2.24) is 0 Å². The molecule has 0 aliphatic heterocycles. The summed E-state index contributed by atoms with van der Waals surface area (Å²) in [4.78, 5) is 12.1. The summed E-state index contributed by atoms with van der Waals surface area (Å²) >= 11 is 0. The minimum absolute atomic E-state index is 0.0703. The molecule has 1 aliphatic rings. The molecule has 1 aliphatic carbocycles. The molecule has 23 heavy (non-hydrogen) atoms. The number of hydrogen-bond donors (Lipinski definition) is 1. The number of nitrogens with zero attached hydrogens (tertiary/aromatic N) is 1. The number of rotatable bonds is 4. The summed E-state index contributed by atoms with van der Waals surface area (Å²) in [6.45, 7) is 2.15. The SMILES string of the molecule is C[C@@H]1C[C@H]1c1ccc(/C=C(\C#N)C(=O)Nc2ccc(F)cc2)o1. The van der Waals surface area contributed by atoms with E-state index in [-0.39, 0.29) is 5.57 Å². The lowest BCUT2D eigenvalue weighted by Crippen LogP contribution is -2.13. The van der Waals surface area contributed by atoms with Gasteiger partial charge in [-0.2, -0.15) is 5.26 Å². The molecule has 2 aromatic rings. The molecule has 116 valence electrons. The van der Waals surface area contributed by atoms with E-state index >= 15 is 0 Å². The van der Waals surface area contributed by atoms with Crippen LogP contribution in [0.5, 0.6) is 0 Å². The lowest BCUT2D eigenvalue weighted by molar-refractivity contribution is -0.112. The second-order valence-electron chi connectivity index (χ2n) is 5.69. The summed E-state index contributed by atoms with van der Waals surface area (Å²) in [7, 11) is 0. The van der Waals surface area contributed by atoms with Gasteiger partial charge >= 0.3 is 0 Å². The van der Waals surface area contributed by atoms with Crippen molar-refractivity contribution >= 4 is 17.7 Å². The van der Waals surface area contributed by atoms with Crippen molar-refractivity contribution in [3.05, 3.63) is 59.3 Å². The Kier molecular flexibility index (Phi) is 3.98. The Balaban J connectivity index is 1.73. The third-order valence-corrected chi connectivity index (χ3v) is 3.88. The molecule has 2 atom stereocenters. The van der Waals surface area contributed by atoms with Gasteiger partial charge in [0.2, 0.25) is 0 Å². The van der Waals surface area contributed by atoms with Gasteiger partial charge in [-0.05, 0) is 48.7 Å². The van der Waals surface area contributed by atoms with E-state index < -0.39 is 11.7 Å². The summed E-state index contributed by atoms with van der Waals surface area (Å²) in [6, 6.07) is 10.8. The van der Waals surface area contributed by atoms with E-state index in [1.807, 2.05) is 12.1 Å². The van der Waals surface area contributed by atoms with E-state index in [0.29, 0.717) is 23.3 Å². The number of nitrogens with one attached hydrogen (secondary N) is 1. The predicted octanol–water partition coefficient (Wildman–Crippen LogP) is 4.09. The summed E-state index contributed by atoms with van der Waals surface area (Å²) < 4.78 is 18.5. The van der Waals surface area contributed by atoms with Crippen LogP contribution in [0.25, 0.3) is 6.08 Å². The normalized spacial score (nSPS) is 20.0. The summed E-state index contributed by atoms with van der Waals surface area (Å²) in [5.74, 6) is 1.48. The zero-order chi connectivity index (χ0) is 16.4. The van der Waals surface area contributed by atoms with Gasteiger partial charge in [0.25, 0.3) is 5.91 Å². The molecule has 1 N–H and O–H groups in total. The number of anilines is 1. The van der Waals surface area contributed by atoms with Crippen LogP contribution in [0.3, 0.4) is 0 Å². The molecule has 1 aromatic heterocycles. The Bertz CT molecular complexity index is 799. The lowest BCUT2D eigenvalue weighted by atomic mass is 10.2. The molecule has 0 saturated heterocycles. The number of amides is 1. The highest BCUT2D eigenvalue weighted by atomic mass is 19.1. The molecule has 0 bridgehead atoms. The topological polar surface area (TPSA) is 66.0 Å². The van der Waals surface area contributed by atoms with Gasteiger partial charge in [-0.25, -0.2) is 4.39 Å². The van der Waals surface area contributed by atoms with Gasteiger partial charge < -0.3 is 9.73 Å². The van der Waals surface area contributed by atoms with Crippen molar-refractivity contribution < 1.29 is 13.6 Å². The van der Waals surface area contributed by atoms with Crippen molar-refractivity contribution in [3.8, 4) is 6.07 Å². The van der Waals surface area contributed by atoms with E-state index in [2.05, 4.69) is 12.2 Å². The molecule has 1 aromatic carbocycles. The van der Waals surface area contributed by atoms with E-state index in [0.717, 1.165) is 12.2 Å². The number of furan rings is 1.